The summed E-state index contributed by atoms with van der Waals surface area (Å²) in [6.07, 6.45) is 0. The number of hydrogen-bond donors (Lipinski definition) is 0. The molecule has 0 bridgehead atoms. The van der Waals surface area contributed by atoms with Gasteiger partial charge in [0, 0.05) is 0 Å². The summed E-state index contributed by atoms with van der Waals surface area (Å²) in [5.74, 6) is -4.33. The first-order chi connectivity index (χ1) is 5.75. The molecule has 7 heteroatoms. The van der Waals surface area contributed by atoms with Gasteiger partial charge in [0.25, 0.3) is 0 Å². The Balaban J connectivity index is 3.07. The van der Waals surface area contributed by atoms with Gasteiger partial charge in [0.1, 0.15) is 0 Å². The van der Waals surface area contributed by atoms with Gasteiger partial charge in [0.05, 0.1) is 8.66 Å². The van der Waals surface area contributed by atoms with Gasteiger partial charge in [0.2, 0.25) is 0 Å². The number of halogens is 6. The Bertz CT molecular complexity index is 306. The Morgan fingerprint density at radius 3 is 2.08 bits per heavy atom. The Hall–Kier alpha value is 0.190. The highest BCUT2D eigenvalue weighted by Gasteiger charge is 2.57. The Labute approximate surface area is 88.6 Å². The van der Waals surface area contributed by atoms with Gasteiger partial charge in [0.15, 0.2) is 0 Å². The van der Waals surface area contributed by atoms with Crippen molar-refractivity contribution in [3.05, 3.63) is 20.8 Å². The zero-order valence-corrected chi connectivity index (χ0v) is 8.99. The van der Waals surface area contributed by atoms with Crippen LogP contribution < -0.4 is 0 Å². The molecule has 0 fully saturated rings. The minimum atomic E-state index is -4.56. The second-order valence-corrected chi connectivity index (χ2v) is 5.11. The van der Waals surface area contributed by atoms with Crippen LogP contribution in [0.4, 0.5) is 17.6 Å². The average Bonchev–Trinajstić information content (AvgIpc) is 2.33. The van der Waals surface area contributed by atoms with Gasteiger partial charge in [-0.25, -0.2) is 0 Å². The molecule has 1 aromatic rings. The van der Waals surface area contributed by atoms with Crippen molar-refractivity contribution in [3.63, 3.8) is 0 Å². The fraction of sp³-hybridized carbons (Fsp3) is 0.333. The van der Waals surface area contributed by atoms with Crippen LogP contribution in [0.25, 0.3) is 0 Å². The van der Waals surface area contributed by atoms with Crippen molar-refractivity contribution >= 4 is 38.9 Å². The highest BCUT2D eigenvalue weighted by atomic mass is 79.9. The smallest absolute Gasteiger partial charge is 0.192 e. The van der Waals surface area contributed by atoms with Crippen LogP contribution >= 0.6 is 38.9 Å². The molecule has 1 aromatic heterocycles. The molecule has 74 valence electrons. The van der Waals surface area contributed by atoms with Crippen LogP contribution in [0.15, 0.2) is 15.9 Å². The van der Waals surface area contributed by atoms with Crippen LogP contribution in [0.5, 0.6) is 0 Å². The van der Waals surface area contributed by atoms with E-state index in [-0.39, 0.29) is 0 Å². The monoisotopic (exact) mass is 296 g/mol. The van der Waals surface area contributed by atoms with E-state index in [4.69, 9.17) is 0 Å². The van der Waals surface area contributed by atoms with Gasteiger partial charge in [-0.2, -0.15) is 17.6 Å². The lowest BCUT2D eigenvalue weighted by atomic mass is 10.3. The molecular formula is C6H2BrClF4S. The zero-order valence-electron chi connectivity index (χ0n) is 5.83. The van der Waals surface area contributed by atoms with Gasteiger partial charge < -0.3 is 0 Å². The fourth-order valence-corrected chi connectivity index (χ4v) is 2.17. The maximum absolute atomic E-state index is 12.8. The van der Waals surface area contributed by atoms with Gasteiger partial charge in [-0.05, 0) is 39.7 Å². The number of alkyl halides is 5. The van der Waals surface area contributed by atoms with Crippen molar-refractivity contribution in [3.8, 4) is 0 Å². The molecule has 13 heavy (non-hydrogen) atoms. The molecule has 1 heterocycles. The van der Waals surface area contributed by atoms with E-state index in [0.717, 1.165) is 6.07 Å². The first kappa shape index (κ1) is 11.3. The van der Waals surface area contributed by atoms with Crippen LogP contribution in [-0.2, 0) is 5.92 Å². The van der Waals surface area contributed by atoms with Gasteiger partial charge in [-0.3, -0.25) is 0 Å². The van der Waals surface area contributed by atoms with Crippen LogP contribution in [0.3, 0.4) is 0 Å². The molecule has 0 aliphatic rings. The molecule has 0 aliphatic carbocycles. The molecule has 0 nitrogen and oxygen atoms in total. The average molecular weight is 297 g/mol. The molecule has 0 saturated heterocycles. The fourth-order valence-electron chi connectivity index (χ4n) is 0.623. The van der Waals surface area contributed by atoms with E-state index in [1.54, 1.807) is 0 Å². The summed E-state index contributed by atoms with van der Waals surface area (Å²) in [4.78, 5) is -0.764. The zero-order chi connectivity index (χ0) is 10.3. The summed E-state index contributed by atoms with van der Waals surface area (Å²) >= 11 is 7.69. The van der Waals surface area contributed by atoms with Gasteiger partial charge in [-0.15, -0.1) is 11.3 Å². The predicted octanol–water partition coefficient (Wildman–Crippen LogP) is 4.43. The number of hydrogen-bond acceptors (Lipinski definition) is 1. The van der Waals surface area contributed by atoms with E-state index < -0.39 is 16.2 Å². The summed E-state index contributed by atoms with van der Waals surface area (Å²) in [5, 5.41) is -4.56. The minimum absolute atomic E-state index is 0.350. The van der Waals surface area contributed by atoms with E-state index in [2.05, 4.69) is 27.5 Å². The molecule has 0 aliphatic heterocycles. The van der Waals surface area contributed by atoms with E-state index in [1.807, 2.05) is 0 Å². The van der Waals surface area contributed by atoms with Crippen LogP contribution in [-0.4, -0.2) is 5.38 Å². The van der Waals surface area contributed by atoms with Crippen molar-refractivity contribution in [2.45, 2.75) is 11.3 Å². The molecule has 0 atom stereocenters. The second kappa shape index (κ2) is 3.40. The lowest BCUT2D eigenvalue weighted by Gasteiger charge is -2.19. The normalized spacial score (nSPS) is 13.4. The largest absolute Gasteiger partial charge is 0.389 e. The third-order valence-electron chi connectivity index (χ3n) is 1.24. The Kier molecular flexibility index (Phi) is 2.95. The maximum Gasteiger partial charge on any atom is 0.389 e. The van der Waals surface area contributed by atoms with Crippen molar-refractivity contribution in [2.24, 2.45) is 0 Å². The van der Waals surface area contributed by atoms with Gasteiger partial charge in [-0.1, -0.05) is 0 Å². The minimum Gasteiger partial charge on any atom is -0.192 e. The first-order valence-corrected chi connectivity index (χ1v) is 4.94. The summed E-state index contributed by atoms with van der Waals surface area (Å²) < 4.78 is 50.3. The van der Waals surface area contributed by atoms with Crippen LogP contribution in [0, 0.1) is 0 Å². The first-order valence-electron chi connectivity index (χ1n) is 2.95. The van der Waals surface area contributed by atoms with E-state index in [9.17, 15) is 17.6 Å². The summed E-state index contributed by atoms with van der Waals surface area (Å²) in [7, 11) is 0. The quantitative estimate of drug-likeness (QED) is 0.559. The van der Waals surface area contributed by atoms with Crippen LogP contribution in [0.2, 0.25) is 0 Å². The van der Waals surface area contributed by atoms with E-state index >= 15 is 0 Å². The third-order valence-corrected chi connectivity index (χ3v) is 3.17. The van der Waals surface area contributed by atoms with Gasteiger partial charge >= 0.3 is 11.3 Å². The molecule has 1 rings (SSSR count). The molecule has 0 N–H and O–H groups in total. The topological polar surface area (TPSA) is 0 Å². The van der Waals surface area contributed by atoms with E-state index in [1.165, 1.54) is 6.07 Å². The van der Waals surface area contributed by atoms with E-state index in [0.29, 0.717) is 15.1 Å². The molecule has 0 aromatic carbocycles. The van der Waals surface area contributed by atoms with Crippen molar-refractivity contribution in [1.29, 1.82) is 0 Å². The second-order valence-electron chi connectivity index (χ2n) is 2.18. The highest BCUT2D eigenvalue weighted by Crippen LogP contribution is 2.48. The highest BCUT2D eigenvalue weighted by molar-refractivity contribution is 9.11. The molecule has 0 unspecified atom stereocenters. The Morgan fingerprint density at radius 1 is 1.23 bits per heavy atom. The molecule has 0 radical (unpaired) electrons. The summed E-state index contributed by atoms with van der Waals surface area (Å²) in [5.41, 5.74) is 0. The third kappa shape index (κ3) is 2.16. The SMILES string of the molecule is FC(F)(Cl)C(F)(F)c1ccc(Br)s1. The molecular weight excluding hydrogens is 295 g/mol. The van der Waals surface area contributed by atoms with Crippen LogP contribution in [0.1, 0.15) is 4.88 Å². The molecule has 0 amide bonds. The number of thiophene rings is 1. The van der Waals surface area contributed by atoms with Crippen molar-refractivity contribution in [2.75, 3.05) is 0 Å². The Morgan fingerprint density at radius 2 is 1.77 bits per heavy atom. The summed E-state index contributed by atoms with van der Waals surface area (Å²) in [6, 6.07) is 2.17. The molecule has 0 spiro atoms. The van der Waals surface area contributed by atoms with Crippen molar-refractivity contribution < 1.29 is 17.6 Å². The number of rotatable bonds is 2. The molecule has 0 saturated carbocycles. The summed E-state index contributed by atoms with van der Waals surface area (Å²) in [6.45, 7) is 0. The lowest BCUT2D eigenvalue weighted by molar-refractivity contribution is -0.161. The standard InChI is InChI=1S/C6H2BrClF4S/c7-4-2-1-3(13-4)5(9,10)6(8,11)12/h1-2H. The maximum atomic E-state index is 12.8. The van der Waals surface area contributed by atoms with Crippen molar-refractivity contribution in [1.82, 2.24) is 0 Å². The lowest BCUT2D eigenvalue weighted by Crippen LogP contribution is -2.31. The predicted molar refractivity (Wildman–Crippen MR) is 46.7 cm³/mol.